The first kappa shape index (κ1) is 96.2. The number of rotatable bonds is 44. The fraction of sp³-hybridized carbons (Fsp3) is 0.349. The van der Waals surface area contributed by atoms with Gasteiger partial charge in [0.05, 0.1) is 45.0 Å². The highest BCUT2D eigenvalue weighted by Gasteiger charge is 2.32. The van der Waals surface area contributed by atoms with E-state index in [0.717, 1.165) is 54.6 Å². The Morgan fingerprint density at radius 2 is 0.788 bits per heavy atom. The standard InChI is InChI=1S/C86H97N25O21/c1-56-36-107(66(116)35-62(56)112)41-67(117)106(40-65(115)100-61(27-17-18-28-89-81(123)128-46-57-19-9-5-10-20-57)37-108(45-71(121)122)70(120)44-111-55-99-74-77(93-52-96-80(74)111)103-85(127)131-49-60-25-15-8-16-26-60)33-30-88-63(113)38-104(68(118)42-109-53-97-72-75(91-50-94-78(72)109)101-83(125)129-47-58-21-11-6-12-22-58)32-29-87-64(114)39-105(34-31-90-82(124)132-86(2,3)4)69(119)43-110-54-98-73-76(92-51-95-79(73)110)102-84(126)130-48-59-23-13-7-14-24-59/h5-16,19-26,36,50-55,61H,17-18,27-35,37-49H2,1-4H3,(H,87,114)(H,88,113)(H,89,123)(H,90,124)(H,100,115)(H,121,122)(H,91,94,101,125)(H,92,95,102,126)(H,93,96,103,127). The number of hydrogen-bond acceptors (Lipinski definition) is 29. The zero-order valence-electron chi connectivity index (χ0n) is 72.4. The Balaban J connectivity index is 0.797. The topological polar surface area (TPSA) is 566 Å². The molecule has 0 saturated heterocycles. The van der Waals surface area contributed by atoms with Crippen molar-refractivity contribution in [3.8, 4) is 0 Å². The van der Waals surface area contributed by atoms with Crippen molar-refractivity contribution in [2.24, 2.45) is 0 Å². The first-order valence-corrected chi connectivity index (χ1v) is 41.5. The van der Waals surface area contributed by atoms with Crippen LogP contribution in [0.1, 0.15) is 75.6 Å². The van der Waals surface area contributed by atoms with Crippen LogP contribution in [0.15, 0.2) is 171 Å². The van der Waals surface area contributed by atoms with Gasteiger partial charge in [-0.25, -0.2) is 68.8 Å². The van der Waals surface area contributed by atoms with Gasteiger partial charge in [-0.2, -0.15) is 0 Å². The zero-order valence-corrected chi connectivity index (χ0v) is 72.4. The molecule has 692 valence electrons. The van der Waals surface area contributed by atoms with Gasteiger partial charge in [-0.15, -0.1) is 0 Å². The largest absolute Gasteiger partial charge is 0.480 e. The summed E-state index contributed by atoms with van der Waals surface area (Å²) >= 11 is 0. The molecule has 6 aromatic heterocycles. The number of imidazole rings is 3. The maximum Gasteiger partial charge on any atom is 0.413 e. The number of nitrogens with zero attached hydrogens (tertiary/aromatic N) is 17. The average Bonchev–Trinajstić information content (AvgIpc) is 1.66. The number of carboxylic acids is 1. The number of allylic oxidation sites excluding steroid dienone is 1. The number of hydrogen-bond donors (Lipinski definition) is 9. The number of alkyl carbamates (subject to hydrolysis) is 2. The van der Waals surface area contributed by atoms with E-state index in [2.05, 4.69) is 87.4 Å². The lowest BCUT2D eigenvalue weighted by atomic mass is 10.1. The van der Waals surface area contributed by atoms with Crippen LogP contribution in [-0.2, 0) is 118 Å². The first-order chi connectivity index (χ1) is 63.5. The molecule has 7 heterocycles. The van der Waals surface area contributed by atoms with Gasteiger partial charge in [0.2, 0.25) is 47.3 Å². The van der Waals surface area contributed by atoms with E-state index in [1.54, 1.807) is 136 Å². The normalized spacial score (nSPS) is 12.0. The van der Waals surface area contributed by atoms with Crippen LogP contribution in [0.3, 0.4) is 0 Å². The summed E-state index contributed by atoms with van der Waals surface area (Å²) in [7, 11) is 0. The molecule has 13 amide bonds. The number of Topliss-reactive ketones (excluding diaryl/α,β-unsaturated/α-hetero) is 1. The highest BCUT2D eigenvalue weighted by Crippen LogP contribution is 2.23. The fourth-order valence-corrected chi connectivity index (χ4v) is 13.1. The van der Waals surface area contributed by atoms with Gasteiger partial charge in [-0.3, -0.25) is 63.9 Å². The van der Waals surface area contributed by atoms with Gasteiger partial charge in [-0.1, -0.05) is 121 Å². The van der Waals surface area contributed by atoms with E-state index < -0.39 is 193 Å². The minimum Gasteiger partial charge on any atom is -0.480 e. The van der Waals surface area contributed by atoms with Crippen LogP contribution in [0.2, 0.25) is 0 Å². The third-order valence-electron chi connectivity index (χ3n) is 19.6. The maximum atomic E-state index is 14.8. The van der Waals surface area contributed by atoms with Crippen LogP contribution >= 0.6 is 0 Å². The smallest absolute Gasteiger partial charge is 0.413 e. The molecule has 10 aromatic rings. The Kier molecular flexibility index (Phi) is 34.5. The van der Waals surface area contributed by atoms with Crippen LogP contribution in [0.25, 0.3) is 33.5 Å². The zero-order chi connectivity index (χ0) is 94.1. The summed E-state index contributed by atoms with van der Waals surface area (Å²) in [5, 5.41) is 31.3. The SMILES string of the molecule is CC1=CN(CC(=O)N(CCNC(=O)CN(CCNC(=O)CN(CCNC(=O)OC(C)(C)C)C(=O)Cn2cnc3c(NC(=O)OCc4ccccc4)ncnc32)C(=O)Cn2cnc3c(NC(=O)OCc4ccccc4)ncnc32)CC(=O)NC(CCCCNC(=O)OCc2ccccc2)CN(CC(=O)O)C(=O)Cn2cnc3c(NC(=O)OCc4ccccc4)ncnc32)C(=O)CC1=O. The molecule has 0 spiro atoms. The fourth-order valence-electron chi connectivity index (χ4n) is 13.1. The van der Waals surface area contributed by atoms with Gasteiger partial charge < -0.3 is 93.6 Å². The van der Waals surface area contributed by atoms with E-state index in [9.17, 15) is 77.0 Å². The number of aromatic nitrogens is 12. The Hall–Kier alpha value is -16.5. The second kappa shape index (κ2) is 47.4. The lowest BCUT2D eigenvalue weighted by Crippen LogP contribution is -2.52. The molecule has 132 heavy (non-hydrogen) atoms. The predicted molar refractivity (Wildman–Crippen MR) is 466 cm³/mol. The molecule has 1 aliphatic rings. The van der Waals surface area contributed by atoms with Gasteiger partial charge in [0.15, 0.2) is 56.7 Å². The van der Waals surface area contributed by atoms with E-state index >= 15 is 0 Å². The number of ether oxygens (including phenoxy) is 5. The lowest BCUT2D eigenvalue weighted by molar-refractivity contribution is -0.145. The van der Waals surface area contributed by atoms with Crippen LogP contribution in [-0.4, -0.2) is 274 Å². The monoisotopic (exact) mass is 1820 g/mol. The number of ketones is 1. The molecule has 0 aliphatic carbocycles. The van der Waals surface area contributed by atoms with Crippen molar-refractivity contribution >= 4 is 140 Å². The number of nitrogens with one attached hydrogen (secondary N) is 8. The molecule has 1 atom stereocenters. The summed E-state index contributed by atoms with van der Waals surface area (Å²) in [5.74, 6) is -8.66. The van der Waals surface area contributed by atoms with Crippen molar-refractivity contribution in [3.63, 3.8) is 0 Å². The Morgan fingerprint density at radius 3 is 1.18 bits per heavy atom. The quantitative estimate of drug-likeness (QED) is 0.0147. The number of aliphatic carboxylic acids is 1. The van der Waals surface area contributed by atoms with E-state index in [4.69, 9.17) is 23.7 Å². The molecule has 4 aromatic carbocycles. The van der Waals surface area contributed by atoms with Crippen molar-refractivity contribution in [3.05, 3.63) is 193 Å². The summed E-state index contributed by atoms with van der Waals surface area (Å²) in [4.78, 5) is 248. The second-order valence-electron chi connectivity index (χ2n) is 30.8. The van der Waals surface area contributed by atoms with Crippen molar-refractivity contribution in [2.75, 3.05) is 101 Å². The van der Waals surface area contributed by atoms with Gasteiger partial charge in [-0.05, 0) is 69.2 Å². The molecule has 9 N–H and O–H groups in total. The van der Waals surface area contributed by atoms with Crippen molar-refractivity contribution < 1.29 is 101 Å². The van der Waals surface area contributed by atoms with Crippen LogP contribution in [0, 0.1) is 0 Å². The molecule has 11 rings (SSSR count). The lowest BCUT2D eigenvalue weighted by Gasteiger charge is -2.30. The van der Waals surface area contributed by atoms with Gasteiger partial charge >= 0.3 is 36.4 Å². The van der Waals surface area contributed by atoms with Gasteiger partial charge in [0, 0.05) is 70.2 Å². The van der Waals surface area contributed by atoms with Crippen molar-refractivity contribution in [1.29, 1.82) is 0 Å². The average molecular weight is 1820 g/mol. The molecule has 1 unspecified atom stereocenters. The summed E-state index contributed by atoms with van der Waals surface area (Å²) < 4.78 is 30.8. The molecular weight excluding hydrogens is 1720 g/mol. The number of benzene rings is 4. The summed E-state index contributed by atoms with van der Waals surface area (Å²) in [6.45, 7) is -2.10. The van der Waals surface area contributed by atoms with E-state index in [0.29, 0.717) is 11.1 Å². The van der Waals surface area contributed by atoms with Crippen molar-refractivity contribution in [2.45, 2.75) is 111 Å². The molecule has 0 radical (unpaired) electrons. The number of amides is 13. The molecule has 46 heteroatoms. The summed E-state index contributed by atoms with van der Waals surface area (Å²) in [5.41, 5.74) is 2.41. The number of carbonyl (C=O) groups excluding carboxylic acids is 14. The van der Waals surface area contributed by atoms with Crippen LogP contribution < -0.4 is 42.5 Å². The Morgan fingerprint density at radius 1 is 0.424 bits per heavy atom. The number of carbonyl (C=O) groups is 15. The number of anilines is 3. The molecule has 46 nitrogen and oxygen atoms in total. The molecule has 0 saturated carbocycles. The van der Waals surface area contributed by atoms with Gasteiger partial charge in [0.1, 0.15) is 83.7 Å². The Labute approximate surface area is 752 Å². The minimum atomic E-state index is -1.45. The number of fused-ring (bicyclic) bond motifs is 3. The highest BCUT2D eigenvalue weighted by molar-refractivity contribution is 6.10. The third-order valence-corrected chi connectivity index (χ3v) is 19.6. The second-order valence-corrected chi connectivity index (χ2v) is 30.8. The molecule has 0 fully saturated rings. The van der Waals surface area contributed by atoms with Crippen LogP contribution in [0.5, 0.6) is 0 Å². The minimum absolute atomic E-state index is 0.0127. The van der Waals surface area contributed by atoms with E-state index in [1.807, 2.05) is 6.07 Å². The van der Waals surface area contributed by atoms with Gasteiger partial charge in [0.25, 0.3) is 0 Å². The highest BCUT2D eigenvalue weighted by atomic mass is 16.6. The summed E-state index contributed by atoms with van der Waals surface area (Å²) in [6.07, 6.45) is 3.92. The molecule has 1 aliphatic heterocycles. The first-order valence-electron chi connectivity index (χ1n) is 41.5. The molecule has 0 bridgehead atoms. The number of unbranched alkanes of at least 4 members (excludes halogenated alkanes) is 1. The number of carboxylic acid groups (broad SMARTS) is 1. The third kappa shape index (κ3) is 29.8. The van der Waals surface area contributed by atoms with E-state index in [1.165, 1.54) is 45.8 Å². The summed E-state index contributed by atoms with van der Waals surface area (Å²) in [6, 6.07) is 34.4. The van der Waals surface area contributed by atoms with E-state index in [-0.39, 0.29) is 122 Å². The maximum absolute atomic E-state index is 14.8. The van der Waals surface area contributed by atoms with Crippen molar-refractivity contribution in [1.82, 2.24) is 110 Å². The molecular formula is C86H97N25O21. The Bertz CT molecular complexity index is 5820. The van der Waals surface area contributed by atoms with Crippen LogP contribution in [0.4, 0.5) is 41.4 Å². The predicted octanol–water partition coefficient (Wildman–Crippen LogP) is 4.20.